The van der Waals surface area contributed by atoms with Crippen LogP contribution in [0.2, 0.25) is 0 Å². The Balaban J connectivity index is 0.00000480. The Morgan fingerprint density at radius 3 is 2.10 bits per heavy atom. The fourth-order valence-electron chi connectivity index (χ4n) is 2.46. The molecule has 0 spiro atoms. The predicted molar refractivity (Wildman–Crippen MR) is 125 cm³/mol. The highest BCUT2D eigenvalue weighted by molar-refractivity contribution is 14.0. The highest BCUT2D eigenvalue weighted by Crippen LogP contribution is 2.16. The number of aromatic nitrogens is 1. The Labute approximate surface area is 197 Å². The van der Waals surface area contributed by atoms with Gasteiger partial charge in [-0.25, -0.2) is 4.98 Å². The standard InChI is InChI=1S/C21H27F3N4O2.HI/c1-15(2)30-19-9-8-18(11-26-19)12-28-20(25-3)27-10-16-4-6-17(7-5-16)13-29-14-21(22,23)24;/h4-9,11,15H,10,12-14H2,1-3H3,(H2,25,27,28);1H. The first-order valence-corrected chi connectivity index (χ1v) is 9.53. The monoisotopic (exact) mass is 552 g/mol. The molecule has 172 valence electrons. The molecule has 0 amide bonds. The zero-order chi connectivity index (χ0) is 22.0. The van der Waals surface area contributed by atoms with Gasteiger partial charge in [-0.3, -0.25) is 4.99 Å². The van der Waals surface area contributed by atoms with E-state index in [0.717, 1.165) is 11.1 Å². The van der Waals surface area contributed by atoms with E-state index in [2.05, 4.69) is 25.3 Å². The molecule has 0 aliphatic rings. The third kappa shape index (κ3) is 11.2. The lowest BCUT2D eigenvalue weighted by molar-refractivity contribution is -0.176. The van der Waals surface area contributed by atoms with E-state index in [1.807, 2.05) is 38.1 Å². The molecule has 0 atom stereocenters. The minimum atomic E-state index is -4.31. The summed E-state index contributed by atoms with van der Waals surface area (Å²) in [5.41, 5.74) is 2.63. The van der Waals surface area contributed by atoms with E-state index < -0.39 is 12.8 Å². The number of aliphatic imine (C=N–C) groups is 1. The number of hydrogen-bond donors (Lipinski definition) is 2. The highest BCUT2D eigenvalue weighted by atomic mass is 127. The van der Waals surface area contributed by atoms with Crippen molar-refractivity contribution in [3.8, 4) is 5.88 Å². The molecule has 10 heteroatoms. The van der Waals surface area contributed by atoms with E-state index in [1.54, 1.807) is 25.4 Å². The van der Waals surface area contributed by atoms with Crippen molar-refractivity contribution >= 4 is 29.9 Å². The van der Waals surface area contributed by atoms with Crippen LogP contribution in [0.15, 0.2) is 47.6 Å². The van der Waals surface area contributed by atoms with E-state index in [4.69, 9.17) is 4.74 Å². The molecular formula is C21H28F3IN4O2. The summed E-state index contributed by atoms with van der Waals surface area (Å²) in [6.07, 6.45) is -2.49. The summed E-state index contributed by atoms with van der Waals surface area (Å²) in [6.45, 7) is 3.63. The van der Waals surface area contributed by atoms with Crippen LogP contribution in [-0.2, 0) is 24.4 Å². The van der Waals surface area contributed by atoms with Crippen molar-refractivity contribution in [1.82, 2.24) is 15.6 Å². The maximum atomic E-state index is 12.1. The van der Waals surface area contributed by atoms with Crippen LogP contribution >= 0.6 is 24.0 Å². The van der Waals surface area contributed by atoms with E-state index in [0.29, 0.717) is 30.5 Å². The van der Waals surface area contributed by atoms with Crippen LogP contribution in [0.5, 0.6) is 5.88 Å². The second-order valence-corrected chi connectivity index (χ2v) is 6.88. The van der Waals surface area contributed by atoms with Gasteiger partial charge < -0.3 is 20.1 Å². The minimum Gasteiger partial charge on any atom is -0.475 e. The molecule has 1 aromatic heterocycles. The molecule has 2 aromatic rings. The molecular weight excluding hydrogens is 524 g/mol. The van der Waals surface area contributed by atoms with Crippen LogP contribution in [0.4, 0.5) is 13.2 Å². The van der Waals surface area contributed by atoms with Gasteiger partial charge in [0.1, 0.15) is 6.61 Å². The average Bonchev–Trinajstić information content (AvgIpc) is 2.69. The topological polar surface area (TPSA) is 67.8 Å². The first kappa shape index (κ1) is 27.0. The number of nitrogens with zero attached hydrogens (tertiary/aromatic N) is 2. The Hall–Kier alpha value is -2.08. The Bertz CT molecular complexity index is 798. The predicted octanol–water partition coefficient (Wildman–Crippen LogP) is 4.43. The smallest absolute Gasteiger partial charge is 0.411 e. The zero-order valence-corrected chi connectivity index (χ0v) is 20.0. The SMILES string of the molecule is CN=C(NCc1ccc(COCC(F)(F)F)cc1)NCc1ccc(OC(C)C)nc1.I. The molecule has 2 N–H and O–H groups in total. The van der Waals surface area contributed by atoms with Crippen LogP contribution in [-0.4, -0.2) is 36.9 Å². The lowest BCUT2D eigenvalue weighted by atomic mass is 10.1. The molecule has 1 heterocycles. The molecule has 0 aliphatic carbocycles. The van der Waals surface area contributed by atoms with Gasteiger partial charge >= 0.3 is 6.18 Å². The van der Waals surface area contributed by atoms with E-state index in [-0.39, 0.29) is 36.7 Å². The maximum Gasteiger partial charge on any atom is 0.411 e. The molecule has 31 heavy (non-hydrogen) atoms. The summed E-state index contributed by atoms with van der Waals surface area (Å²) >= 11 is 0. The lowest BCUT2D eigenvalue weighted by Gasteiger charge is -2.13. The van der Waals surface area contributed by atoms with Crippen molar-refractivity contribution < 1.29 is 22.6 Å². The zero-order valence-electron chi connectivity index (χ0n) is 17.7. The van der Waals surface area contributed by atoms with Gasteiger partial charge in [-0.15, -0.1) is 24.0 Å². The van der Waals surface area contributed by atoms with Gasteiger partial charge in [0.15, 0.2) is 5.96 Å². The molecule has 0 bridgehead atoms. The van der Waals surface area contributed by atoms with Crippen molar-refractivity contribution in [2.45, 2.75) is 45.8 Å². The Kier molecular flexibility index (Phi) is 11.6. The van der Waals surface area contributed by atoms with Crippen LogP contribution in [0.25, 0.3) is 0 Å². The van der Waals surface area contributed by atoms with Gasteiger partial charge in [-0.1, -0.05) is 30.3 Å². The number of rotatable bonds is 9. The van der Waals surface area contributed by atoms with Crippen molar-refractivity contribution in [3.05, 3.63) is 59.3 Å². The largest absolute Gasteiger partial charge is 0.475 e. The normalized spacial score (nSPS) is 11.8. The second-order valence-electron chi connectivity index (χ2n) is 6.88. The molecule has 1 aromatic carbocycles. The third-order valence-corrected chi connectivity index (χ3v) is 3.85. The molecule has 6 nitrogen and oxygen atoms in total. The number of pyridine rings is 1. The van der Waals surface area contributed by atoms with Gasteiger partial charge in [0.25, 0.3) is 0 Å². The number of alkyl halides is 3. The van der Waals surface area contributed by atoms with Gasteiger partial charge in [-0.05, 0) is 30.5 Å². The van der Waals surface area contributed by atoms with Crippen molar-refractivity contribution in [3.63, 3.8) is 0 Å². The van der Waals surface area contributed by atoms with Crippen LogP contribution < -0.4 is 15.4 Å². The summed E-state index contributed by atoms with van der Waals surface area (Å²) < 4.78 is 46.5. The summed E-state index contributed by atoms with van der Waals surface area (Å²) in [5, 5.41) is 6.39. The number of halogens is 4. The molecule has 0 saturated heterocycles. The molecule has 0 radical (unpaired) electrons. The van der Waals surface area contributed by atoms with Gasteiger partial charge in [0, 0.05) is 32.4 Å². The van der Waals surface area contributed by atoms with Crippen molar-refractivity contribution in [2.75, 3.05) is 13.7 Å². The lowest BCUT2D eigenvalue weighted by Crippen LogP contribution is -2.36. The second kappa shape index (κ2) is 13.4. The number of benzene rings is 1. The Morgan fingerprint density at radius 2 is 1.58 bits per heavy atom. The Morgan fingerprint density at radius 1 is 1.00 bits per heavy atom. The summed E-state index contributed by atoms with van der Waals surface area (Å²) in [7, 11) is 1.67. The molecule has 2 rings (SSSR count). The first-order chi connectivity index (χ1) is 14.2. The number of hydrogen-bond acceptors (Lipinski definition) is 4. The van der Waals surface area contributed by atoms with Crippen molar-refractivity contribution in [2.24, 2.45) is 4.99 Å². The number of ether oxygens (including phenoxy) is 2. The van der Waals surface area contributed by atoms with E-state index >= 15 is 0 Å². The fourth-order valence-corrected chi connectivity index (χ4v) is 2.46. The summed E-state index contributed by atoms with van der Waals surface area (Å²) in [4.78, 5) is 8.44. The van der Waals surface area contributed by atoms with Crippen LogP contribution in [0, 0.1) is 0 Å². The summed E-state index contributed by atoms with van der Waals surface area (Å²) in [6, 6.07) is 10.9. The minimum absolute atomic E-state index is 0. The van der Waals surface area contributed by atoms with Gasteiger partial charge in [0.05, 0.1) is 12.7 Å². The van der Waals surface area contributed by atoms with E-state index in [1.165, 1.54) is 0 Å². The first-order valence-electron chi connectivity index (χ1n) is 9.53. The van der Waals surface area contributed by atoms with Crippen LogP contribution in [0.1, 0.15) is 30.5 Å². The number of guanidine groups is 1. The fraction of sp³-hybridized carbons (Fsp3) is 0.429. The maximum absolute atomic E-state index is 12.1. The van der Waals surface area contributed by atoms with Gasteiger partial charge in [-0.2, -0.15) is 13.2 Å². The van der Waals surface area contributed by atoms with E-state index in [9.17, 15) is 13.2 Å². The quantitative estimate of drug-likeness (QED) is 0.274. The third-order valence-electron chi connectivity index (χ3n) is 3.85. The number of nitrogens with one attached hydrogen (secondary N) is 2. The highest BCUT2D eigenvalue weighted by Gasteiger charge is 2.27. The molecule has 0 unspecified atom stereocenters. The van der Waals surface area contributed by atoms with Crippen molar-refractivity contribution in [1.29, 1.82) is 0 Å². The molecule has 0 fully saturated rings. The summed E-state index contributed by atoms with van der Waals surface area (Å²) in [5.74, 6) is 1.21. The van der Waals surface area contributed by atoms with Gasteiger partial charge in [0.2, 0.25) is 5.88 Å². The molecule has 0 saturated carbocycles. The van der Waals surface area contributed by atoms with Crippen LogP contribution in [0.3, 0.4) is 0 Å². The average molecular weight is 552 g/mol. The molecule has 0 aliphatic heterocycles.